The SMILES string of the molecule is COC(C)c1nc(C)c(C(=O)Nc2n[nH]c(C(C)C)n2)s1. The predicted molar refractivity (Wildman–Crippen MR) is 80.7 cm³/mol. The Hall–Kier alpha value is -1.80. The van der Waals surface area contributed by atoms with Crippen LogP contribution in [-0.4, -0.2) is 33.2 Å². The number of aromatic amines is 1. The molecule has 2 N–H and O–H groups in total. The van der Waals surface area contributed by atoms with Gasteiger partial charge in [0.05, 0.1) is 5.69 Å². The van der Waals surface area contributed by atoms with Crippen molar-refractivity contribution in [1.29, 1.82) is 0 Å². The van der Waals surface area contributed by atoms with Gasteiger partial charge >= 0.3 is 0 Å². The molecule has 0 saturated heterocycles. The lowest BCUT2D eigenvalue weighted by Gasteiger charge is -2.03. The number of nitrogens with zero attached hydrogens (tertiary/aromatic N) is 3. The van der Waals surface area contributed by atoms with Crippen LogP contribution >= 0.6 is 11.3 Å². The van der Waals surface area contributed by atoms with Gasteiger partial charge in [0.25, 0.3) is 5.91 Å². The summed E-state index contributed by atoms with van der Waals surface area (Å²) in [5.41, 5.74) is 0.677. The monoisotopic (exact) mass is 309 g/mol. The van der Waals surface area contributed by atoms with Gasteiger partial charge in [-0.3, -0.25) is 15.2 Å². The number of aromatic nitrogens is 4. The number of hydrogen-bond acceptors (Lipinski definition) is 6. The van der Waals surface area contributed by atoms with Gasteiger partial charge in [-0.25, -0.2) is 4.98 Å². The Morgan fingerprint density at radius 1 is 1.33 bits per heavy atom. The molecule has 2 heterocycles. The molecule has 2 aromatic heterocycles. The molecule has 0 fully saturated rings. The number of amides is 1. The Morgan fingerprint density at radius 2 is 2.05 bits per heavy atom. The van der Waals surface area contributed by atoms with Crippen molar-refractivity contribution in [3.63, 3.8) is 0 Å². The van der Waals surface area contributed by atoms with Crippen LogP contribution in [0.25, 0.3) is 0 Å². The van der Waals surface area contributed by atoms with Gasteiger partial charge in [-0.1, -0.05) is 13.8 Å². The fourth-order valence-corrected chi connectivity index (χ4v) is 2.64. The van der Waals surface area contributed by atoms with E-state index in [0.717, 1.165) is 10.8 Å². The summed E-state index contributed by atoms with van der Waals surface area (Å²) in [5.74, 6) is 0.981. The molecule has 1 atom stereocenters. The fourth-order valence-electron chi connectivity index (χ4n) is 1.65. The van der Waals surface area contributed by atoms with Crippen LogP contribution in [0.1, 0.15) is 59.0 Å². The zero-order chi connectivity index (χ0) is 15.6. The van der Waals surface area contributed by atoms with E-state index in [-0.39, 0.29) is 23.9 Å². The number of methoxy groups -OCH3 is 1. The van der Waals surface area contributed by atoms with E-state index in [4.69, 9.17) is 4.74 Å². The third-order valence-electron chi connectivity index (χ3n) is 3.00. The third kappa shape index (κ3) is 3.45. The minimum atomic E-state index is -0.256. The number of carbonyl (C=O) groups is 1. The smallest absolute Gasteiger partial charge is 0.270 e. The second-order valence-electron chi connectivity index (χ2n) is 5.00. The lowest BCUT2D eigenvalue weighted by molar-refractivity contribution is 0.102. The van der Waals surface area contributed by atoms with Crippen molar-refractivity contribution in [2.75, 3.05) is 12.4 Å². The fraction of sp³-hybridized carbons (Fsp3) is 0.538. The van der Waals surface area contributed by atoms with E-state index in [2.05, 4.69) is 25.5 Å². The van der Waals surface area contributed by atoms with Crippen molar-refractivity contribution >= 4 is 23.2 Å². The summed E-state index contributed by atoms with van der Waals surface area (Å²) in [6.07, 6.45) is -0.133. The average Bonchev–Trinajstić information content (AvgIpc) is 3.04. The first-order valence-corrected chi connectivity index (χ1v) is 7.47. The minimum Gasteiger partial charge on any atom is -0.375 e. The highest BCUT2D eigenvalue weighted by Gasteiger charge is 2.19. The summed E-state index contributed by atoms with van der Waals surface area (Å²) < 4.78 is 5.22. The lowest BCUT2D eigenvalue weighted by atomic mass is 10.2. The number of nitrogens with one attached hydrogen (secondary N) is 2. The Morgan fingerprint density at radius 3 is 2.62 bits per heavy atom. The van der Waals surface area contributed by atoms with Gasteiger partial charge in [-0.05, 0) is 13.8 Å². The Kier molecular flexibility index (Phi) is 4.69. The zero-order valence-corrected chi connectivity index (χ0v) is 13.5. The maximum Gasteiger partial charge on any atom is 0.270 e. The van der Waals surface area contributed by atoms with Crippen molar-refractivity contribution in [3.05, 3.63) is 21.4 Å². The van der Waals surface area contributed by atoms with E-state index in [1.54, 1.807) is 14.0 Å². The standard InChI is InChI=1S/C13H19N5O2S/c1-6(2)10-15-13(18-17-10)16-11(19)9-7(3)14-12(21-9)8(4)20-5/h6,8H,1-5H3,(H2,15,16,17,18,19). The molecule has 114 valence electrons. The minimum absolute atomic E-state index is 0.133. The molecule has 0 bridgehead atoms. The zero-order valence-electron chi connectivity index (χ0n) is 12.7. The Balaban J connectivity index is 2.14. The van der Waals surface area contributed by atoms with E-state index in [9.17, 15) is 4.79 Å². The number of carbonyl (C=O) groups excluding carboxylic acids is 1. The van der Waals surface area contributed by atoms with E-state index >= 15 is 0 Å². The number of ether oxygens (including phenoxy) is 1. The lowest BCUT2D eigenvalue weighted by Crippen LogP contribution is -2.12. The van der Waals surface area contributed by atoms with Gasteiger partial charge < -0.3 is 4.74 Å². The Bertz CT molecular complexity index is 634. The molecule has 0 spiro atoms. The van der Waals surface area contributed by atoms with Crippen LogP contribution < -0.4 is 5.32 Å². The average molecular weight is 309 g/mol. The first-order valence-electron chi connectivity index (χ1n) is 6.66. The van der Waals surface area contributed by atoms with Crippen LogP contribution in [0.3, 0.4) is 0 Å². The summed E-state index contributed by atoms with van der Waals surface area (Å²) in [7, 11) is 1.61. The Labute approximate surface area is 127 Å². The van der Waals surface area contributed by atoms with Gasteiger partial charge in [-0.2, -0.15) is 4.98 Å². The van der Waals surface area contributed by atoms with Crippen molar-refractivity contribution in [1.82, 2.24) is 20.2 Å². The summed E-state index contributed by atoms with van der Waals surface area (Å²) >= 11 is 1.32. The number of aryl methyl sites for hydroxylation is 1. The summed E-state index contributed by atoms with van der Waals surface area (Å²) in [6, 6.07) is 0. The second kappa shape index (κ2) is 6.31. The molecule has 1 amide bonds. The van der Waals surface area contributed by atoms with Crippen molar-refractivity contribution < 1.29 is 9.53 Å². The van der Waals surface area contributed by atoms with E-state index in [1.165, 1.54) is 11.3 Å². The molecule has 0 aromatic carbocycles. The van der Waals surface area contributed by atoms with Crippen molar-refractivity contribution in [2.24, 2.45) is 0 Å². The number of hydrogen-bond donors (Lipinski definition) is 2. The summed E-state index contributed by atoms with van der Waals surface area (Å²) in [5, 5.41) is 10.2. The van der Waals surface area contributed by atoms with E-state index in [1.807, 2.05) is 20.8 Å². The molecule has 0 aliphatic heterocycles. The first kappa shape index (κ1) is 15.6. The van der Waals surface area contributed by atoms with Gasteiger partial charge in [0.1, 0.15) is 21.8 Å². The molecule has 0 aliphatic carbocycles. The molecule has 1 unspecified atom stereocenters. The van der Waals surface area contributed by atoms with E-state index in [0.29, 0.717) is 10.6 Å². The van der Waals surface area contributed by atoms with Gasteiger partial charge in [0.15, 0.2) is 0 Å². The molecule has 7 nitrogen and oxygen atoms in total. The first-order chi connectivity index (χ1) is 9.92. The molecule has 0 radical (unpaired) electrons. The van der Waals surface area contributed by atoms with Crippen LogP contribution in [0.5, 0.6) is 0 Å². The highest BCUT2D eigenvalue weighted by atomic mass is 32.1. The van der Waals surface area contributed by atoms with Gasteiger partial charge in [0.2, 0.25) is 5.95 Å². The van der Waals surface area contributed by atoms with Crippen LogP contribution in [0, 0.1) is 6.92 Å². The molecule has 2 aromatic rings. The number of anilines is 1. The van der Waals surface area contributed by atoms with Gasteiger partial charge in [0, 0.05) is 13.0 Å². The van der Waals surface area contributed by atoms with Crippen molar-refractivity contribution in [3.8, 4) is 0 Å². The van der Waals surface area contributed by atoms with Crippen LogP contribution in [-0.2, 0) is 4.74 Å². The quantitative estimate of drug-likeness (QED) is 0.885. The van der Waals surface area contributed by atoms with Crippen LogP contribution in [0.15, 0.2) is 0 Å². The summed E-state index contributed by atoms with van der Waals surface area (Å²) in [6.45, 7) is 7.69. The molecule has 0 aliphatic rings. The highest BCUT2D eigenvalue weighted by molar-refractivity contribution is 7.14. The second-order valence-corrected chi connectivity index (χ2v) is 6.03. The maximum atomic E-state index is 12.3. The van der Waals surface area contributed by atoms with Crippen LogP contribution in [0.2, 0.25) is 0 Å². The summed E-state index contributed by atoms with van der Waals surface area (Å²) in [4.78, 5) is 21.4. The van der Waals surface area contributed by atoms with Gasteiger partial charge in [-0.15, -0.1) is 16.4 Å². The third-order valence-corrected chi connectivity index (χ3v) is 4.31. The number of rotatable bonds is 5. The molecule has 8 heteroatoms. The molecule has 21 heavy (non-hydrogen) atoms. The largest absolute Gasteiger partial charge is 0.375 e. The molecule has 2 rings (SSSR count). The molecular formula is C13H19N5O2S. The molecule has 0 saturated carbocycles. The number of H-pyrrole nitrogens is 1. The van der Waals surface area contributed by atoms with E-state index < -0.39 is 0 Å². The molecular weight excluding hydrogens is 290 g/mol. The van der Waals surface area contributed by atoms with Crippen LogP contribution in [0.4, 0.5) is 5.95 Å². The van der Waals surface area contributed by atoms with Crippen molar-refractivity contribution in [2.45, 2.75) is 39.7 Å². The number of thiazole rings is 1. The predicted octanol–water partition coefficient (Wildman–Crippen LogP) is 2.65. The maximum absolute atomic E-state index is 12.3. The normalized spacial score (nSPS) is 12.7. The highest BCUT2D eigenvalue weighted by Crippen LogP contribution is 2.25. The topological polar surface area (TPSA) is 92.8 Å².